The van der Waals surface area contributed by atoms with Gasteiger partial charge in [0.1, 0.15) is 5.75 Å². The molecule has 20 heavy (non-hydrogen) atoms. The van der Waals surface area contributed by atoms with Crippen molar-refractivity contribution in [1.82, 2.24) is 9.80 Å². The third-order valence-electron chi connectivity index (χ3n) is 4.41. The van der Waals surface area contributed by atoms with Crippen molar-refractivity contribution in [2.24, 2.45) is 5.73 Å². The second kappa shape index (κ2) is 7.07. The first-order chi connectivity index (χ1) is 9.69. The molecule has 2 unspecified atom stereocenters. The molecule has 0 spiro atoms. The van der Waals surface area contributed by atoms with E-state index in [1.165, 1.54) is 0 Å². The summed E-state index contributed by atoms with van der Waals surface area (Å²) >= 11 is 0. The Morgan fingerprint density at radius 2 is 2.15 bits per heavy atom. The molecular formula is C16H27N3O. The summed E-state index contributed by atoms with van der Waals surface area (Å²) in [5.41, 5.74) is 7.15. The van der Waals surface area contributed by atoms with Crippen LogP contribution in [0.3, 0.4) is 0 Å². The Morgan fingerprint density at radius 1 is 1.35 bits per heavy atom. The molecule has 0 bridgehead atoms. The molecule has 4 nitrogen and oxygen atoms in total. The fourth-order valence-corrected chi connectivity index (χ4v) is 3.19. The number of hydrogen-bond acceptors (Lipinski definition) is 4. The molecule has 0 aliphatic carbocycles. The molecule has 0 amide bonds. The summed E-state index contributed by atoms with van der Waals surface area (Å²) in [6.45, 7) is 9.43. The van der Waals surface area contributed by atoms with Crippen LogP contribution in [0.2, 0.25) is 0 Å². The fraction of sp³-hybridized carbons (Fsp3) is 0.625. The summed E-state index contributed by atoms with van der Waals surface area (Å²) in [5, 5.41) is 9.69. The highest BCUT2D eigenvalue weighted by Gasteiger charge is 2.30. The number of phenols is 1. The van der Waals surface area contributed by atoms with Crippen LogP contribution in [-0.4, -0.2) is 53.7 Å². The van der Waals surface area contributed by atoms with Crippen LogP contribution in [0.15, 0.2) is 24.3 Å². The topological polar surface area (TPSA) is 52.7 Å². The maximum Gasteiger partial charge on any atom is 0.115 e. The third kappa shape index (κ3) is 3.32. The Morgan fingerprint density at radius 3 is 2.75 bits per heavy atom. The van der Waals surface area contributed by atoms with Gasteiger partial charge in [-0.05, 0) is 30.7 Å². The molecule has 1 heterocycles. The predicted octanol–water partition coefficient (Wildman–Crippen LogP) is 1.81. The zero-order valence-corrected chi connectivity index (χ0v) is 12.6. The van der Waals surface area contributed by atoms with Crippen molar-refractivity contribution in [3.8, 4) is 5.75 Å². The van der Waals surface area contributed by atoms with E-state index in [0.29, 0.717) is 18.3 Å². The molecule has 1 aromatic rings. The molecule has 4 heteroatoms. The van der Waals surface area contributed by atoms with Crippen molar-refractivity contribution in [1.29, 1.82) is 0 Å². The predicted molar refractivity (Wildman–Crippen MR) is 82.8 cm³/mol. The minimum absolute atomic E-state index is 0.200. The van der Waals surface area contributed by atoms with Crippen molar-refractivity contribution >= 4 is 0 Å². The second-order valence-electron chi connectivity index (χ2n) is 5.54. The molecule has 1 aliphatic heterocycles. The number of nitrogens with zero attached hydrogens (tertiary/aromatic N) is 2. The fourth-order valence-electron chi connectivity index (χ4n) is 3.19. The van der Waals surface area contributed by atoms with Gasteiger partial charge >= 0.3 is 0 Å². The van der Waals surface area contributed by atoms with Gasteiger partial charge in [0.2, 0.25) is 0 Å². The van der Waals surface area contributed by atoms with Crippen LogP contribution in [0.4, 0.5) is 0 Å². The summed E-state index contributed by atoms with van der Waals surface area (Å²) in [7, 11) is 0. The minimum Gasteiger partial charge on any atom is -0.508 e. The van der Waals surface area contributed by atoms with E-state index < -0.39 is 0 Å². The van der Waals surface area contributed by atoms with Crippen molar-refractivity contribution in [3.63, 3.8) is 0 Å². The minimum atomic E-state index is 0.200. The molecule has 3 N–H and O–H groups in total. The van der Waals surface area contributed by atoms with E-state index >= 15 is 0 Å². The molecule has 1 aromatic carbocycles. The van der Waals surface area contributed by atoms with Crippen LogP contribution in [0, 0.1) is 0 Å². The summed E-state index contributed by atoms with van der Waals surface area (Å²) in [6.07, 6.45) is 1.13. The van der Waals surface area contributed by atoms with Crippen LogP contribution in [0.25, 0.3) is 0 Å². The Bertz CT molecular complexity index is 424. The maximum absolute atomic E-state index is 9.69. The molecule has 2 atom stereocenters. The van der Waals surface area contributed by atoms with E-state index in [1.807, 2.05) is 12.1 Å². The summed E-state index contributed by atoms with van der Waals surface area (Å²) < 4.78 is 0. The number of aromatic hydroxyl groups is 1. The lowest BCUT2D eigenvalue weighted by molar-refractivity contribution is 0.0427. The van der Waals surface area contributed by atoms with E-state index in [9.17, 15) is 5.11 Å². The zero-order chi connectivity index (χ0) is 14.5. The number of nitrogens with two attached hydrogens (primary N) is 1. The average molecular weight is 277 g/mol. The van der Waals surface area contributed by atoms with Crippen LogP contribution >= 0.6 is 0 Å². The maximum atomic E-state index is 9.69. The molecule has 0 aromatic heterocycles. The first-order valence-corrected chi connectivity index (χ1v) is 7.66. The lowest BCUT2D eigenvalue weighted by atomic mass is 9.99. The van der Waals surface area contributed by atoms with Crippen molar-refractivity contribution in [2.75, 3.05) is 32.7 Å². The van der Waals surface area contributed by atoms with E-state index in [4.69, 9.17) is 5.73 Å². The molecule has 2 rings (SSSR count). The number of likely N-dealkylation sites (N-methyl/N-ethyl adjacent to an activating group) is 1. The van der Waals surface area contributed by atoms with Gasteiger partial charge in [0.15, 0.2) is 0 Å². The Hall–Kier alpha value is -1.10. The highest BCUT2D eigenvalue weighted by atomic mass is 16.3. The zero-order valence-electron chi connectivity index (χ0n) is 12.6. The van der Waals surface area contributed by atoms with Crippen molar-refractivity contribution < 1.29 is 5.11 Å². The first kappa shape index (κ1) is 15.3. The average Bonchev–Trinajstić information content (AvgIpc) is 2.48. The van der Waals surface area contributed by atoms with E-state index in [-0.39, 0.29) is 6.04 Å². The smallest absolute Gasteiger partial charge is 0.115 e. The number of rotatable bonds is 5. The molecule has 1 fully saturated rings. The van der Waals surface area contributed by atoms with Crippen LogP contribution < -0.4 is 5.73 Å². The number of phenolic OH excluding ortho intramolecular Hbond substituents is 1. The molecule has 0 saturated carbocycles. The van der Waals surface area contributed by atoms with E-state index in [1.54, 1.807) is 6.07 Å². The molecule has 1 aliphatic rings. The standard InChI is InChI=1S/C16H27N3O/c1-3-14-12-18(4-2)8-9-19(14)16(11-17)13-6-5-7-15(20)10-13/h5-7,10,14,16,20H,3-4,8-9,11-12,17H2,1-2H3. The number of hydrogen-bond donors (Lipinski definition) is 2. The van der Waals surface area contributed by atoms with Crippen LogP contribution in [-0.2, 0) is 0 Å². The molecule has 0 radical (unpaired) electrons. The summed E-state index contributed by atoms with van der Waals surface area (Å²) in [5.74, 6) is 0.321. The molecular weight excluding hydrogens is 250 g/mol. The summed E-state index contributed by atoms with van der Waals surface area (Å²) in [4.78, 5) is 5.02. The monoisotopic (exact) mass is 277 g/mol. The summed E-state index contributed by atoms with van der Waals surface area (Å²) in [6, 6.07) is 8.26. The first-order valence-electron chi connectivity index (χ1n) is 7.66. The Kier molecular flexibility index (Phi) is 5.40. The normalized spacial score (nSPS) is 22.9. The third-order valence-corrected chi connectivity index (χ3v) is 4.41. The number of benzene rings is 1. The largest absolute Gasteiger partial charge is 0.508 e. The highest BCUT2D eigenvalue weighted by molar-refractivity contribution is 5.30. The van der Waals surface area contributed by atoms with Crippen LogP contribution in [0.5, 0.6) is 5.75 Å². The number of piperazine rings is 1. The molecule has 112 valence electrons. The second-order valence-corrected chi connectivity index (χ2v) is 5.54. The van der Waals surface area contributed by atoms with Gasteiger partial charge in [-0.15, -0.1) is 0 Å². The van der Waals surface area contributed by atoms with Gasteiger partial charge in [0, 0.05) is 38.3 Å². The SMILES string of the molecule is CCC1CN(CC)CCN1C(CN)c1cccc(O)c1. The van der Waals surface area contributed by atoms with E-state index in [2.05, 4.69) is 29.7 Å². The van der Waals surface area contributed by atoms with E-state index in [0.717, 1.165) is 38.2 Å². The molecule has 1 saturated heterocycles. The van der Waals surface area contributed by atoms with Gasteiger partial charge in [0.25, 0.3) is 0 Å². The van der Waals surface area contributed by atoms with Crippen molar-refractivity contribution in [3.05, 3.63) is 29.8 Å². The highest BCUT2D eigenvalue weighted by Crippen LogP contribution is 2.27. The van der Waals surface area contributed by atoms with Crippen LogP contribution in [0.1, 0.15) is 31.9 Å². The van der Waals surface area contributed by atoms with Gasteiger partial charge < -0.3 is 15.7 Å². The van der Waals surface area contributed by atoms with Gasteiger partial charge in [-0.2, -0.15) is 0 Å². The van der Waals surface area contributed by atoms with Gasteiger partial charge in [-0.3, -0.25) is 4.90 Å². The Balaban J connectivity index is 2.18. The van der Waals surface area contributed by atoms with Gasteiger partial charge in [-0.1, -0.05) is 26.0 Å². The van der Waals surface area contributed by atoms with Crippen molar-refractivity contribution in [2.45, 2.75) is 32.4 Å². The lowest BCUT2D eigenvalue weighted by Crippen LogP contribution is -2.54. The van der Waals surface area contributed by atoms with Gasteiger partial charge in [-0.25, -0.2) is 0 Å². The lowest BCUT2D eigenvalue weighted by Gasteiger charge is -2.44. The Labute approximate surface area is 122 Å². The van der Waals surface area contributed by atoms with Gasteiger partial charge in [0.05, 0.1) is 0 Å². The quantitative estimate of drug-likeness (QED) is 0.862.